The zero-order valence-electron chi connectivity index (χ0n) is 11.5. The molecular formula is C17H22O2. The maximum atomic E-state index is 9.47. The Morgan fingerprint density at radius 2 is 1.74 bits per heavy atom. The highest BCUT2D eigenvalue weighted by Gasteiger charge is 1.88. The molecule has 2 nitrogen and oxygen atoms in total. The molecule has 0 aromatic carbocycles. The quantitative estimate of drug-likeness (QED) is 0.319. The van der Waals surface area contributed by atoms with Crippen molar-refractivity contribution < 1.29 is 10.2 Å². The summed E-state index contributed by atoms with van der Waals surface area (Å²) < 4.78 is 0. The summed E-state index contributed by atoms with van der Waals surface area (Å²) >= 11 is 0. The zero-order chi connectivity index (χ0) is 14.3. The van der Waals surface area contributed by atoms with Crippen molar-refractivity contribution in [1.29, 1.82) is 0 Å². The smallest absolute Gasteiger partial charge is 0.134 e. The molecule has 0 aromatic heterocycles. The lowest BCUT2D eigenvalue weighted by atomic mass is 10.2. The molecule has 0 aliphatic heterocycles. The maximum Gasteiger partial charge on any atom is 0.134 e. The first kappa shape index (κ1) is 17.3. The molecule has 0 fully saturated rings. The molecule has 0 aliphatic carbocycles. The summed E-state index contributed by atoms with van der Waals surface area (Å²) in [6.45, 7) is 5.56. The van der Waals surface area contributed by atoms with Gasteiger partial charge in [-0.2, -0.15) is 0 Å². The van der Waals surface area contributed by atoms with Gasteiger partial charge in [-0.15, -0.1) is 0 Å². The Hall–Kier alpha value is -1.74. The van der Waals surface area contributed by atoms with Gasteiger partial charge in [-0.05, 0) is 30.8 Å². The van der Waals surface area contributed by atoms with E-state index in [9.17, 15) is 5.11 Å². The summed E-state index contributed by atoms with van der Waals surface area (Å²) in [5.74, 6) is 9.91. The highest BCUT2D eigenvalue weighted by molar-refractivity contribution is 5.31. The number of rotatable bonds is 7. The average Bonchev–Trinajstić information content (AvgIpc) is 2.42. The summed E-state index contributed by atoms with van der Waals surface area (Å²) in [6, 6.07) is 0. The van der Waals surface area contributed by atoms with Crippen molar-refractivity contribution >= 4 is 0 Å². The third-order valence-electron chi connectivity index (χ3n) is 2.24. The van der Waals surface area contributed by atoms with Gasteiger partial charge in [-0.3, -0.25) is 0 Å². The second-order valence-electron chi connectivity index (χ2n) is 3.97. The minimum atomic E-state index is -0.868. The van der Waals surface area contributed by atoms with Crippen molar-refractivity contribution in [2.45, 2.75) is 44.8 Å². The van der Waals surface area contributed by atoms with E-state index in [1.54, 1.807) is 12.2 Å². The van der Waals surface area contributed by atoms with E-state index in [0.29, 0.717) is 0 Å². The minimum absolute atomic E-state index is 0.838. The van der Waals surface area contributed by atoms with Crippen LogP contribution in [0.5, 0.6) is 0 Å². The van der Waals surface area contributed by atoms with E-state index in [2.05, 4.69) is 43.3 Å². The van der Waals surface area contributed by atoms with Crippen LogP contribution >= 0.6 is 0 Å². The molecule has 2 N–H and O–H groups in total. The minimum Gasteiger partial charge on any atom is -0.377 e. The van der Waals surface area contributed by atoms with Gasteiger partial charge in [0.2, 0.25) is 0 Å². The van der Waals surface area contributed by atoms with Crippen molar-refractivity contribution in [3.8, 4) is 23.7 Å². The van der Waals surface area contributed by atoms with E-state index in [1.807, 2.05) is 6.08 Å². The van der Waals surface area contributed by atoms with Gasteiger partial charge in [0, 0.05) is 0 Å². The first-order valence-corrected chi connectivity index (χ1v) is 6.53. The topological polar surface area (TPSA) is 40.5 Å². The Bertz CT molecular complexity index is 410. The number of hydrogen-bond acceptors (Lipinski definition) is 2. The molecule has 0 rings (SSSR count). The number of hydrogen-bond donors (Lipinski definition) is 2. The predicted molar refractivity (Wildman–Crippen MR) is 80.2 cm³/mol. The standard InChI is InChI=1S/C17H22O2/c1-3-5-6-7-8-9-10-14-17(19)15-12-11-13-16(18)4-2/h4,8-10,14,16-19H,2-3,5-7H2,1H3/b9-8+,14-10+/t16-,17-/m1/s1. The van der Waals surface area contributed by atoms with Gasteiger partial charge in [0.25, 0.3) is 0 Å². The molecule has 19 heavy (non-hydrogen) atoms. The largest absolute Gasteiger partial charge is 0.377 e. The van der Waals surface area contributed by atoms with Gasteiger partial charge in [0.1, 0.15) is 12.2 Å². The molecule has 0 amide bonds. The van der Waals surface area contributed by atoms with Crippen molar-refractivity contribution in [1.82, 2.24) is 0 Å². The second-order valence-corrected chi connectivity index (χ2v) is 3.97. The summed E-state index contributed by atoms with van der Waals surface area (Å²) in [5, 5.41) is 18.5. The van der Waals surface area contributed by atoms with Crippen LogP contribution in [0, 0.1) is 23.7 Å². The van der Waals surface area contributed by atoms with Crippen LogP contribution in [-0.2, 0) is 0 Å². The average molecular weight is 258 g/mol. The highest BCUT2D eigenvalue weighted by atomic mass is 16.3. The van der Waals surface area contributed by atoms with Gasteiger partial charge in [0.05, 0.1) is 0 Å². The number of aliphatic hydroxyl groups is 2. The second kappa shape index (κ2) is 12.7. The summed E-state index contributed by atoms with van der Waals surface area (Å²) in [4.78, 5) is 0. The van der Waals surface area contributed by atoms with Gasteiger partial charge >= 0.3 is 0 Å². The molecule has 0 aliphatic rings. The Morgan fingerprint density at radius 3 is 2.37 bits per heavy atom. The van der Waals surface area contributed by atoms with Crippen LogP contribution in [0.2, 0.25) is 0 Å². The van der Waals surface area contributed by atoms with Gasteiger partial charge in [-0.25, -0.2) is 0 Å². The molecule has 0 spiro atoms. The molecule has 0 heterocycles. The fourth-order valence-electron chi connectivity index (χ4n) is 1.18. The van der Waals surface area contributed by atoms with Crippen LogP contribution in [-0.4, -0.2) is 22.4 Å². The Labute approximate surface area is 116 Å². The lowest BCUT2D eigenvalue weighted by molar-refractivity contribution is 0.280. The fraction of sp³-hybridized carbons (Fsp3) is 0.412. The maximum absolute atomic E-state index is 9.47. The molecule has 102 valence electrons. The van der Waals surface area contributed by atoms with E-state index in [0.717, 1.165) is 6.42 Å². The molecule has 0 saturated carbocycles. The third kappa shape index (κ3) is 12.5. The van der Waals surface area contributed by atoms with E-state index in [-0.39, 0.29) is 0 Å². The van der Waals surface area contributed by atoms with E-state index in [4.69, 9.17) is 5.11 Å². The monoisotopic (exact) mass is 258 g/mol. The fourth-order valence-corrected chi connectivity index (χ4v) is 1.18. The normalized spacial score (nSPS) is 13.4. The van der Waals surface area contributed by atoms with Crippen LogP contribution in [0.3, 0.4) is 0 Å². The van der Waals surface area contributed by atoms with Crippen molar-refractivity contribution in [2.75, 3.05) is 0 Å². The zero-order valence-corrected chi connectivity index (χ0v) is 11.5. The van der Waals surface area contributed by atoms with Gasteiger partial charge in [-0.1, -0.05) is 62.5 Å². The first-order valence-electron chi connectivity index (χ1n) is 6.53. The van der Waals surface area contributed by atoms with E-state index < -0.39 is 12.2 Å². The predicted octanol–water partition coefficient (Wildman–Crippen LogP) is 2.59. The van der Waals surface area contributed by atoms with Crippen LogP contribution < -0.4 is 0 Å². The Morgan fingerprint density at radius 1 is 1.05 bits per heavy atom. The highest BCUT2D eigenvalue weighted by Crippen LogP contribution is 1.99. The summed E-state index contributed by atoms with van der Waals surface area (Å²) in [6.07, 6.45) is 11.7. The lowest BCUT2D eigenvalue weighted by Gasteiger charge is -1.91. The Kier molecular flexibility index (Phi) is 11.5. The van der Waals surface area contributed by atoms with Gasteiger partial charge in [0.15, 0.2) is 0 Å². The van der Waals surface area contributed by atoms with Crippen LogP contribution in [0.25, 0.3) is 0 Å². The van der Waals surface area contributed by atoms with E-state index >= 15 is 0 Å². The van der Waals surface area contributed by atoms with Crippen molar-refractivity contribution in [3.63, 3.8) is 0 Å². The van der Waals surface area contributed by atoms with Crippen LogP contribution in [0.1, 0.15) is 32.6 Å². The molecule has 0 bridgehead atoms. The lowest BCUT2D eigenvalue weighted by Crippen LogP contribution is -1.96. The number of allylic oxidation sites excluding steroid dienone is 3. The van der Waals surface area contributed by atoms with Crippen LogP contribution in [0.4, 0.5) is 0 Å². The van der Waals surface area contributed by atoms with Crippen LogP contribution in [0.15, 0.2) is 37.0 Å². The molecule has 2 heteroatoms. The van der Waals surface area contributed by atoms with Gasteiger partial charge < -0.3 is 10.2 Å². The third-order valence-corrected chi connectivity index (χ3v) is 2.24. The molecule has 0 saturated heterocycles. The first-order chi connectivity index (χ1) is 9.20. The SMILES string of the molecule is C=C[C@@H](O)C#CC#C[C@H](O)/C=C/C=C/CCCCC. The molecule has 0 aromatic rings. The number of unbranched alkanes of at least 4 members (excludes halogenated alkanes) is 3. The molecule has 0 unspecified atom stereocenters. The molecule has 0 radical (unpaired) electrons. The van der Waals surface area contributed by atoms with Crippen molar-refractivity contribution in [2.24, 2.45) is 0 Å². The summed E-state index contributed by atoms with van der Waals surface area (Å²) in [5.41, 5.74) is 0. The molecular weight excluding hydrogens is 236 g/mol. The summed E-state index contributed by atoms with van der Waals surface area (Å²) in [7, 11) is 0. The van der Waals surface area contributed by atoms with Crippen molar-refractivity contribution in [3.05, 3.63) is 37.0 Å². The molecule has 2 atom stereocenters. The van der Waals surface area contributed by atoms with E-state index in [1.165, 1.54) is 25.3 Å². The Balaban J connectivity index is 3.96. The number of aliphatic hydroxyl groups excluding tert-OH is 2.